The van der Waals surface area contributed by atoms with Crippen LogP contribution in [0.5, 0.6) is 5.75 Å². The van der Waals surface area contributed by atoms with E-state index in [0.717, 1.165) is 37.1 Å². The fourth-order valence-corrected chi connectivity index (χ4v) is 2.61. The molecule has 0 aliphatic carbocycles. The van der Waals surface area contributed by atoms with Gasteiger partial charge in [-0.05, 0) is 57.0 Å². The van der Waals surface area contributed by atoms with E-state index >= 15 is 0 Å². The van der Waals surface area contributed by atoms with Gasteiger partial charge in [0.15, 0.2) is 5.78 Å². The Bertz CT molecular complexity index is 405. The van der Waals surface area contributed by atoms with Crippen LogP contribution in [0.2, 0.25) is 0 Å². The quantitative estimate of drug-likeness (QED) is 0.813. The van der Waals surface area contributed by atoms with Crippen molar-refractivity contribution in [1.82, 2.24) is 5.32 Å². The van der Waals surface area contributed by atoms with Crippen molar-refractivity contribution in [1.29, 1.82) is 0 Å². The largest absolute Gasteiger partial charge is 0.494 e. The summed E-state index contributed by atoms with van der Waals surface area (Å²) in [6.45, 7) is 5.61. The van der Waals surface area contributed by atoms with Crippen molar-refractivity contribution in [2.45, 2.75) is 38.6 Å². The van der Waals surface area contributed by atoms with Gasteiger partial charge in [-0.1, -0.05) is 6.92 Å². The molecule has 1 atom stereocenters. The van der Waals surface area contributed by atoms with Gasteiger partial charge in [-0.25, -0.2) is 0 Å². The van der Waals surface area contributed by atoms with Gasteiger partial charge in [0, 0.05) is 5.56 Å². The minimum atomic E-state index is -0.340. The molecule has 98 valence electrons. The molecule has 0 bridgehead atoms. The van der Waals surface area contributed by atoms with E-state index < -0.39 is 0 Å². The van der Waals surface area contributed by atoms with Crippen molar-refractivity contribution < 1.29 is 9.53 Å². The molecule has 0 saturated carbocycles. The molecule has 1 aromatic carbocycles. The first-order chi connectivity index (χ1) is 8.72. The summed E-state index contributed by atoms with van der Waals surface area (Å²) in [5.41, 5.74) is 0.433. The molecular weight excluding hydrogens is 226 g/mol. The Balaban J connectivity index is 2.17. The minimum Gasteiger partial charge on any atom is -0.494 e. The average molecular weight is 247 g/mol. The first kappa shape index (κ1) is 13.1. The van der Waals surface area contributed by atoms with Crippen LogP contribution in [0.25, 0.3) is 0 Å². The van der Waals surface area contributed by atoms with Gasteiger partial charge in [0.25, 0.3) is 0 Å². The number of rotatable bonds is 5. The number of ether oxygens (including phenoxy) is 1. The van der Waals surface area contributed by atoms with Crippen molar-refractivity contribution in [2.24, 2.45) is 0 Å². The van der Waals surface area contributed by atoms with Crippen LogP contribution in [0.3, 0.4) is 0 Å². The fraction of sp³-hybridized carbons (Fsp3) is 0.533. The maximum absolute atomic E-state index is 12.6. The van der Waals surface area contributed by atoms with Crippen LogP contribution in [0, 0.1) is 0 Å². The monoisotopic (exact) mass is 247 g/mol. The maximum Gasteiger partial charge on any atom is 0.182 e. The lowest BCUT2D eigenvalue weighted by atomic mass is 9.85. The third kappa shape index (κ3) is 2.41. The standard InChI is InChI=1S/C15H21NO2/c1-3-15(10-5-11-16-15)14(17)12-6-8-13(9-7-12)18-4-2/h6-9,16H,3-5,10-11H2,1-2H3. The van der Waals surface area contributed by atoms with Gasteiger partial charge >= 0.3 is 0 Å². The number of benzene rings is 1. The van der Waals surface area contributed by atoms with Gasteiger partial charge in [-0.3, -0.25) is 4.79 Å². The predicted molar refractivity (Wildman–Crippen MR) is 72.2 cm³/mol. The Morgan fingerprint density at radius 1 is 1.33 bits per heavy atom. The topological polar surface area (TPSA) is 38.3 Å². The molecule has 1 aliphatic rings. The Hall–Kier alpha value is -1.35. The SMILES string of the molecule is CCOc1ccc(C(=O)C2(CC)CCCN2)cc1. The van der Waals surface area contributed by atoms with Crippen LogP contribution >= 0.6 is 0 Å². The zero-order valence-corrected chi connectivity index (χ0v) is 11.2. The molecule has 1 aliphatic heterocycles. The number of carbonyl (C=O) groups excluding carboxylic acids is 1. The molecule has 3 heteroatoms. The molecule has 0 aromatic heterocycles. The summed E-state index contributed by atoms with van der Waals surface area (Å²) >= 11 is 0. The van der Waals surface area contributed by atoms with Crippen LogP contribution in [0.15, 0.2) is 24.3 Å². The number of hydrogen-bond donors (Lipinski definition) is 1. The number of carbonyl (C=O) groups is 1. The van der Waals surface area contributed by atoms with Crippen LogP contribution in [0.4, 0.5) is 0 Å². The van der Waals surface area contributed by atoms with Crippen LogP contribution in [0.1, 0.15) is 43.5 Å². The second-order valence-electron chi connectivity index (χ2n) is 4.75. The van der Waals surface area contributed by atoms with E-state index in [4.69, 9.17) is 4.74 Å². The smallest absolute Gasteiger partial charge is 0.182 e. The maximum atomic E-state index is 12.6. The molecule has 0 amide bonds. The van der Waals surface area contributed by atoms with Gasteiger partial charge in [-0.2, -0.15) is 0 Å². The molecular formula is C15H21NO2. The molecule has 1 heterocycles. The summed E-state index contributed by atoms with van der Waals surface area (Å²) in [7, 11) is 0. The zero-order chi connectivity index (χ0) is 13.0. The molecule has 1 saturated heterocycles. The van der Waals surface area contributed by atoms with Crippen LogP contribution in [-0.2, 0) is 0 Å². The van der Waals surface area contributed by atoms with Crippen molar-refractivity contribution in [3.63, 3.8) is 0 Å². The highest BCUT2D eigenvalue weighted by Gasteiger charge is 2.39. The molecule has 1 fully saturated rings. The molecule has 0 spiro atoms. The highest BCUT2D eigenvalue weighted by molar-refractivity contribution is 6.03. The fourth-order valence-electron chi connectivity index (χ4n) is 2.61. The summed E-state index contributed by atoms with van der Waals surface area (Å²) in [5.74, 6) is 1.03. The van der Waals surface area contributed by atoms with Crippen molar-refractivity contribution in [3.05, 3.63) is 29.8 Å². The number of ketones is 1. The minimum absolute atomic E-state index is 0.213. The lowest BCUT2D eigenvalue weighted by Gasteiger charge is -2.26. The lowest BCUT2D eigenvalue weighted by molar-refractivity contribution is 0.0864. The van der Waals surface area contributed by atoms with Crippen LogP contribution < -0.4 is 10.1 Å². The number of hydrogen-bond acceptors (Lipinski definition) is 3. The van der Waals surface area contributed by atoms with Gasteiger partial charge in [0.05, 0.1) is 12.1 Å². The Morgan fingerprint density at radius 2 is 2.06 bits per heavy atom. The molecule has 1 N–H and O–H groups in total. The normalized spacial score (nSPS) is 23.0. The van der Waals surface area contributed by atoms with E-state index in [0.29, 0.717) is 6.61 Å². The van der Waals surface area contributed by atoms with E-state index in [9.17, 15) is 4.79 Å². The van der Waals surface area contributed by atoms with Crippen molar-refractivity contribution >= 4 is 5.78 Å². The van der Waals surface area contributed by atoms with Crippen molar-refractivity contribution in [3.8, 4) is 5.75 Å². The van der Waals surface area contributed by atoms with Gasteiger partial charge in [-0.15, -0.1) is 0 Å². The van der Waals surface area contributed by atoms with E-state index in [1.165, 1.54) is 0 Å². The summed E-state index contributed by atoms with van der Waals surface area (Å²) < 4.78 is 5.39. The highest BCUT2D eigenvalue weighted by Crippen LogP contribution is 2.28. The Labute approximate surface area is 109 Å². The van der Waals surface area contributed by atoms with Gasteiger partial charge in [0.1, 0.15) is 5.75 Å². The summed E-state index contributed by atoms with van der Waals surface area (Å²) in [6, 6.07) is 7.47. The van der Waals surface area contributed by atoms with E-state index in [1.807, 2.05) is 31.2 Å². The molecule has 1 unspecified atom stereocenters. The second kappa shape index (κ2) is 5.53. The molecule has 2 rings (SSSR count). The molecule has 0 radical (unpaired) electrons. The zero-order valence-electron chi connectivity index (χ0n) is 11.2. The second-order valence-corrected chi connectivity index (χ2v) is 4.75. The average Bonchev–Trinajstić information content (AvgIpc) is 2.89. The molecule has 1 aromatic rings. The predicted octanol–water partition coefficient (Wildman–Crippen LogP) is 2.80. The first-order valence-corrected chi connectivity index (χ1v) is 6.74. The van der Waals surface area contributed by atoms with E-state index in [-0.39, 0.29) is 11.3 Å². The number of Topliss-reactive ketones (excluding diaryl/α,β-unsaturated/α-hetero) is 1. The third-order valence-electron chi connectivity index (χ3n) is 3.71. The van der Waals surface area contributed by atoms with E-state index in [2.05, 4.69) is 12.2 Å². The molecule has 18 heavy (non-hydrogen) atoms. The molecule has 3 nitrogen and oxygen atoms in total. The first-order valence-electron chi connectivity index (χ1n) is 6.74. The number of nitrogens with one attached hydrogen (secondary N) is 1. The van der Waals surface area contributed by atoms with Crippen molar-refractivity contribution in [2.75, 3.05) is 13.2 Å². The van der Waals surface area contributed by atoms with Gasteiger partial charge < -0.3 is 10.1 Å². The lowest BCUT2D eigenvalue weighted by Crippen LogP contribution is -2.46. The Kier molecular flexibility index (Phi) is 4.02. The summed E-state index contributed by atoms with van der Waals surface area (Å²) in [6.07, 6.45) is 2.87. The highest BCUT2D eigenvalue weighted by atomic mass is 16.5. The summed E-state index contributed by atoms with van der Waals surface area (Å²) in [5, 5.41) is 3.38. The van der Waals surface area contributed by atoms with E-state index in [1.54, 1.807) is 0 Å². The Morgan fingerprint density at radius 3 is 2.56 bits per heavy atom. The summed E-state index contributed by atoms with van der Waals surface area (Å²) in [4.78, 5) is 12.6. The van der Waals surface area contributed by atoms with Gasteiger partial charge in [0.2, 0.25) is 0 Å². The van der Waals surface area contributed by atoms with Crippen LogP contribution in [-0.4, -0.2) is 24.5 Å². The third-order valence-corrected chi connectivity index (χ3v) is 3.71.